The molecule has 1 unspecified atom stereocenters. The third kappa shape index (κ3) is 2.32. The van der Waals surface area contributed by atoms with E-state index in [2.05, 4.69) is 37.8 Å². The highest BCUT2D eigenvalue weighted by atomic mass is 15.3. The van der Waals surface area contributed by atoms with Gasteiger partial charge in [-0.1, -0.05) is 18.2 Å². The topological polar surface area (TPSA) is 66.5 Å². The van der Waals surface area contributed by atoms with Crippen molar-refractivity contribution in [2.45, 2.75) is 12.5 Å². The summed E-state index contributed by atoms with van der Waals surface area (Å²) in [6.45, 7) is 0. The maximum atomic E-state index is 4.38. The summed E-state index contributed by atoms with van der Waals surface area (Å²) in [7, 11) is 1.93. The van der Waals surface area contributed by atoms with E-state index in [1.165, 1.54) is 10.9 Å². The van der Waals surface area contributed by atoms with E-state index in [-0.39, 0.29) is 6.04 Å². The fraction of sp³-hybridized carbons (Fsp3) is 0.214. The Morgan fingerprint density at radius 1 is 1.26 bits per heavy atom. The van der Waals surface area contributed by atoms with E-state index in [4.69, 9.17) is 0 Å². The minimum Gasteiger partial charge on any atom is -0.311 e. The highest BCUT2D eigenvalue weighted by Gasteiger charge is 2.14. The van der Waals surface area contributed by atoms with Gasteiger partial charge in [0, 0.05) is 11.6 Å². The third-order valence-corrected chi connectivity index (χ3v) is 3.30. The van der Waals surface area contributed by atoms with Crippen molar-refractivity contribution in [2.75, 3.05) is 7.05 Å². The lowest BCUT2D eigenvalue weighted by atomic mass is 10.0. The Morgan fingerprint density at radius 2 is 2.16 bits per heavy atom. The van der Waals surface area contributed by atoms with Gasteiger partial charge in [-0.2, -0.15) is 15.4 Å². The molecule has 0 aliphatic heterocycles. The normalized spacial score (nSPS) is 12.7. The van der Waals surface area contributed by atoms with E-state index in [1.807, 2.05) is 31.4 Å². The van der Waals surface area contributed by atoms with E-state index < -0.39 is 0 Å². The fourth-order valence-corrected chi connectivity index (χ4v) is 2.29. The first-order valence-corrected chi connectivity index (χ1v) is 6.24. The van der Waals surface area contributed by atoms with Gasteiger partial charge in [0.2, 0.25) is 0 Å². The Bertz CT molecular complexity index is 657. The molecular formula is C14H15N5. The Hall–Kier alpha value is -2.27. The molecule has 0 amide bonds. The summed E-state index contributed by atoms with van der Waals surface area (Å²) in [5.41, 5.74) is 3.20. The minimum atomic E-state index is 0.143. The quantitative estimate of drug-likeness (QED) is 0.744. The van der Waals surface area contributed by atoms with Crippen LogP contribution in [-0.4, -0.2) is 27.4 Å². The number of pyridine rings is 1. The van der Waals surface area contributed by atoms with Gasteiger partial charge in [-0.15, -0.1) is 0 Å². The number of hydrogen-bond donors (Lipinski definition) is 2. The molecule has 0 fully saturated rings. The summed E-state index contributed by atoms with van der Waals surface area (Å²) in [4.78, 5) is 4.38. The Kier molecular flexibility index (Phi) is 3.20. The monoisotopic (exact) mass is 253 g/mol. The van der Waals surface area contributed by atoms with Crippen LogP contribution in [0.5, 0.6) is 0 Å². The predicted molar refractivity (Wildman–Crippen MR) is 73.6 cm³/mol. The number of nitrogens with one attached hydrogen (secondary N) is 2. The number of aromatic amines is 1. The molecule has 0 bridgehead atoms. The van der Waals surface area contributed by atoms with Crippen LogP contribution in [0.4, 0.5) is 0 Å². The van der Waals surface area contributed by atoms with E-state index in [0.29, 0.717) is 0 Å². The predicted octanol–water partition coefficient (Wildman–Crippen LogP) is 1.86. The van der Waals surface area contributed by atoms with Gasteiger partial charge in [-0.25, -0.2) is 0 Å². The number of likely N-dealkylation sites (N-methyl/N-ethyl adjacent to an activating group) is 1. The zero-order valence-electron chi connectivity index (χ0n) is 10.7. The molecule has 3 aromatic rings. The number of nitrogens with zero attached hydrogens (tertiary/aromatic N) is 3. The lowest BCUT2D eigenvalue weighted by Gasteiger charge is -2.14. The summed E-state index contributed by atoms with van der Waals surface area (Å²) in [6, 6.07) is 10.4. The smallest absolute Gasteiger partial charge is 0.0997 e. The van der Waals surface area contributed by atoms with Crippen LogP contribution in [0, 0.1) is 0 Å². The fourth-order valence-electron chi connectivity index (χ4n) is 2.29. The van der Waals surface area contributed by atoms with Crippen molar-refractivity contribution >= 4 is 10.9 Å². The number of H-pyrrole nitrogens is 1. The molecule has 1 atom stereocenters. The molecule has 0 radical (unpaired) electrons. The van der Waals surface area contributed by atoms with Crippen LogP contribution in [0.25, 0.3) is 10.9 Å². The van der Waals surface area contributed by atoms with E-state index in [9.17, 15) is 0 Å². The van der Waals surface area contributed by atoms with Crippen LogP contribution in [0.2, 0.25) is 0 Å². The Morgan fingerprint density at radius 3 is 2.95 bits per heavy atom. The highest BCUT2D eigenvalue weighted by molar-refractivity contribution is 5.81. The molecule has 1 aromatic carbocycles. The molecule has 3 rings (SSSR count). The molecule has 96 valence electrons. The van der Waals surface area contributed by atoms with Crippen LogP contribution in [-0.2, 0) is 6.42 Å². The average molecular weight is 253 g/mol. The zero-order chi connectivity index (χ0) is 13.1. The summed E-state index contributed by atoms with van der Waals surface area (Å²) in [5.74, 6) is 0. The van der Waals surface area contributed by atoms with Crippen molar-refractivity contribution in [3.05, 3.63) is 54.0 Å². The van der Waals surface area contributed by atoms with Gasteiger partial charge in [0.25, 0.3) is 0 Å². The summed E-state index contributed by atoms with van der Waals surface area (Å²) < 4.78 is 0. The molecule has 0 spiro atoms. The maximum Gasteiger partial charge on any atom is 0.0997 e. The molecule has 0 aliphatic carbocycles. The van der Waals surface area contributed by atoms with Crippen molar-refractivity contribution < 1.29 is 0 Å². The lowest BCUT2D eigenvalue weighted by molar-refractivity contribution is 0.576. The zero-order valence-corrected chi connectivity index (χ0v) is 10.7. The maximum absolute atomic E-state index is 4.38. The van der Waals surface area contributed by atoms with Crippen LogP contribution in [0.15, 0.2) is 42.7 Å². The van der Waals surface area contributed by atoms with E-state index >= 15 is 0 Å². The van der Waals surface area contributed by atoms with Gasteiger partial charge in [-0.05, 0) is 31.2 Å². The minimum absolute atomic E-state index is 0.143. The number of benzene rings is 1. The molecule has 0 saturated carbocycles. The molecule has 2 N–H and O–H groups in total. The first-order chi connectivity index (χ1) is 9.38. The largest absolute Gasteiger partial charge is 0.311 e. The number of hydrogen-bond acceptors (Lipinski definition) is 4. The van der Waals surface area contributed by atoms with Crippen LogP contribution in [0.3, 0.4) is 0 Å². The second kappa shape index (κ2) is 5.16. The summed E-state index contributed by atoms with van der Waals surface area (Å²) in [5, 5.41) is 15.1. The second-order valence-electron chi connectivity index (χ2n) is 4.43. The average Bonchev–Trinajstić information content (AvgIpc) is 2.99. The van der Waals surface area contributed by atoms with Gasteiger partial charge >= 0.3 is 0 Å². The number of aromatic nitrogens is 4. The third-order valence-electron chi connectivity index (χ3n) is 3.30. The molecule has 2 heterocycles. The Labute approximate surface area is 111 Å². The molecule has 0 aliphatic rings. The highest BCUT2D eigenvalue weighted by Crippen LogP contribution is 2.21. The van der Waals surface area contributed by atoms with Crippen molar-refractivity contribution in [3.63, 3.8) is 0 Å². The number of fused-ring (bicyclic) bond motifs is 1. The Balaban J connectivity index is 1.96. The van der Waals surface area contributed by atoms with Crippen molar-refractivity contribution in [1.82, 2.24) is 25.7 Å². The SMILES string of the molecule is CNC(Cc1ccnc2ccccc12)c1cn[nH]n1. The first-order valence-electron chi connectivity index (χ1n) is 6.24. The van der Waals surface area contributed by atoms with Gasteiger partial charge in [0.05, 0.1) is 23.4 Å². The summed E-state index contributed by atoms with van der Waals surface area (Å²) in [6.07, 6.45) is 4.46. The standard InChI is InChI=1S/C14H15N5/c1-15-13(14-9-17-19-18-14)8-10-6-7-16-12-5-3-2-4-11(10)12/h2-7,9,13,15H,8H2,1H3,(H,17,18,19). The molecule has 5 heteroatoms. The van der Waals surface area contributed by atoms with Crippen molar-refractivity contribution in [1.29, 1.82) is 0 Å². The van der Waals surface area contributed by atoms with Crippen molar-refractivity contribution in [2.24, 2.45) is 0 Å². The van der Waals surface area contributed by atoms with Crippen LogP contribution < -0.4 is 5.32 Å². The number of rotatable bonds is 4. The van der Waals surface area contributed by atoms with Gasteiger partial charge < -0.3 is 5.32 Å². The van der Waals surface area contributed by atoms with E-state index in [0.717, 1.165) is 17.6 Å². The van der Waals surface area contributed by atoms with Gasteiger partial charge in [0.1, 0.15) is 0 Å². The van der Waals surface area contributed by atoms with Crippen LogP contribution in [0.1, 0.15) is 17.3 Å². The van der Waals surface area contributed by atoms with E-state index in [1.54, 1.807) is 6.20 Å². The van der Waals surface area contributed by atoms with Crippen LogP contribution >= 0.6 is 0 Å². The molecule has 5 nitrogen and oxygen atoms in total. The van der Waals surface area contributed by atoms with Crippen molar-refractivity contribution in [3.8, 4) is 0 Å². The van der Waals surface area contributed by atoms with Gasteiger partial charge in [0.15, 0.2) is 0 Å². The molecule has 19 heavy (non-hydrogen) atoms. The molecule has 0 saturated heterocycles. The summed E-state index contributed by atoms with van der Waals surface area (Å²) >= 11 is 0. The molecule has 2 aromatic heterocycles. The first kappa shape index (κ1) is 11.8. The second-order valence-corrected chi connectivity index (χ2v) is 4.43. The lowest BCUT2D eigenvalue weighted by Crippen LogP contribution is -2.19. The number of para-hydroxylation sites is 1. The van der Waals surface area contributed by atoms with Gasteiger partial charge in [-0.3, -0.25) is 4.98 Å². The molecular weight excluding hydrogens is 238 g/mol.